The molecule has 0 bridgehead atoms. The maximum Gasteiger partial charge on any atom is 0.389 e. The first-order chi connectivity index (χ1) is 18.1. The summed E-state index contributed by atoms with van der Waals surface area (Å²) in [5.41, 5.74) is -0.125. The Morgan fingerprint density at radius 1 is 0.789 bits per heavy atom. The normalized spacial score (nSPS) is 24.2. The van der Waals surface area contributed by atoms with Crippen molar-refractivity contribution in [2.75, 3.05) is 0 Å². The molecular weight excluding hydrogens is 513 g/mol. The average Bonchev–Trinajstić information content (AvgIpc) is 2.88. The van der Waals surface area contributed by atoms with E-state index in [1.807, 2.05) is 0 Å². The summed E-state index contributed by atoms with van der Waals surface area (Å²) in [6, 6.07) is 5.97. The van der Waals surface area contributed by atoms with Crippen molar-refractivity contribution in [1.29, 1.82) is 0 Å². The molecule has 0 aliphatic heterocycles. The minimum absolute atomic E-state index is 0.0219. The number of ether oxygens (including phenoxy) is 2. The lowest BCUT2D eigenvalue weighted by Crippen LogP contribution is -2.31. The Labute approximate surface area is 217 Å². The molecule has 2 aromatic rings. The fourth-order valence-electron chi connectivity index (χ4n) is 5.74. The van der Waals surface area contributed by atoms with Gasteiger partial charge < -0.3 is 9.47 Å². The van der Waals surface area contributed by atoms with Crippen LogP contribution in [0.4, 0.5) is 30.7 Å². The lowest BCUT2D eigenvalue weighted by atomic mass is 9.77. The maximum absolute atomic E-state index is 15.0. The lowest BCUT2D eigenvalue weighted by Gasteiger charge is -2.32. The zero-order chi connectivity index (χ0) is 27.4. The summed E-state index contributed by atoms with van der Waals surface area (Å²) in [5, 5.41) is 0. The van der Waals surface area contributed by atoms with Crippen LogP contribution in [-0.2, 0) is 10.8 Å². The Morgan fingerprint density at radius 2 is 1.32 bits per heavy atom. The first-order valence-electron chi connectivity index (χ1n) is 13.1. The second-order valence-electron chi connectivity index (χ2n) is 10.3. The van der Waals surface area contributed by atoms with Gasteiger partial charge in [-0.2, -0.15) is 22.0 Å². The van der Waals surface area contributed by atoms with Gasteiger partial charge in [-0.25, -0.2) is 8.78 Å². The molecule has 0 N–H and O–H groups in total. The predicted octanol–water partition coefficient (Wildman–Crippen LogP) is 9.85. The van der Waals surface area contributed by atoms with Crippen molar-refractivity contribution < 1.29 is 40.2 Å². The van der Waals surface area contributed by atoms with E-state index >= 15 is 0 Å². The third kappa shape index (κ3) is 6.71. The van der Waals surface area contributed by atoms with Crippen molar-refractivity contribution in [2.24, 2.45) is 5.92 Å². The zero-order valence-corrected chi connectivity index (χ0v) is 21.1. The van der Waals surface area contributed by atoms with Crippen LogP contribution in [0, 0.1) is 17.6 Å². The van der Waals surface area contributed by atoms with Crippen molar-refractivity contribution >= 4 is 0 Å². The van der Waals surface area contributed by atoms with E-state index in [1.165, 1.54) is 12.1 Å². The maximum atomic E-state index is 15.0. The summed E-state index contributed by atoms with van der Waals surface area (Å²) in [6.45, 7) is 2.11. The molecule has 0 saturated heterocycles. The highest BCUT2D eigenvalue weighted by atomic mass is 19.3. The van der Waals surface area contributed by atoms with E-state index in [0.29, 0.717) is 24.3 Å². The highest BCUT2D eigenvalue weighted by molar-refractivity contribution is 5.32. The minimum Gasteiger partial charge on any atom is -0.428 e. The van der Waals surface area contributed by atoms with E-state index in [2.05, 4.69) is 11.7 Å². The molecule has 2 fully saturated rings. The fraction of sp³-hybridized carbons (Fsp3) is 0.517. The molecule has 2 aliphatic carbocycles. The molecule has 0 amide bonds. The van der Waals surface area contributed by atoms with Gasteiger partial charge in [0.15, 0.2) is 0 Å². The third-order valence-electron chi connectivity index (χ3n) is 7.95. The van der Waals surface area contributed by atoms with E-state index in [1.54, 1.807) is 12.1 Å². The number of alkyl halides is 2. The second-order valence-corrected chi connectivity index (χ2v) is 10.3. The quantitative estimate of drug-likeness (QED) is 0.243. The molecule has 0 unspecified atom stereocenters. The van der Waals surface area contributed by atoms with Crippen LogP contribution in [0.5, 0.6) is 5.75 Å². The molecule has 2 aromatic carbocycles. The molecule has 2 saturated carbocycles. The van der Waals surface area contributed by atoms with Gasteiger partial charge in [-0.3, -0.25) is 0 Å². The smallest absolute Gasteiger partial charge is 0.389 e. The first-order valence-corrected chi connectivity index (χ1v) is 13.1. The molecule has 0 atom stereocenters. The second kappa shape index (κ2) is 12.1. The van der Waals surface area contributed by atoms with E-state index in [4.69, 9.17) is 4.74 Å². The van der Waals surface area contributed by atoms with Crippen LogP contribution in [0.2, 0.25) is 0 Å². The van der Waals surface area contributed by atoms with E-state index in [9.17, 15) is 30.7 Å². The van der Waals surface area contributed by atoms with Crippen LogP contribution < -0.4 is 4.74 Å². The molecule has 208 valence electrons. The number of benzene rings is 2. The summed E-state index contributed by atoms with van der Waals surface area (Å²) in [5.74, 6) is -2.15. The molecular formula is C29H31F7O2. The van der Waals surface area contributed by atoms with Crippen molar-refractivity contribution in [3.63, 3.8) is 0 Å². The van der Waals surface area contributed by atoms with Gasteiger partial charge in [-0.15, -0.1) is 0 Å². The summed E-state index contributed by atoms with van der Waals surface area (Å²) >= 11 is 0. The van der Waals surface area contributed by atoms with Gasteiger partial charge in [0.25, 0.3) is 0 Å². The molecule has 9 heteroatoms. The molecule has 0 radical (unpaired) electrons. The first kappa shape index (κ1) is 28.5. The zero-order valence-electron chi connectivity index (χ0n) is 21.1. The Hall–Kier alpha value is -2.55. The van der Waals surface area contributed by atoms with Gasteiger partial charge in [0, 0.05) is 0 Å². The van der Waals surface area contributed by atoms with Gasteiger partial charge in [0.05, 0.1) is 6.10 Å². The van der Waals surface area contributed by atoms with Crippen LogP contribution >= 0.6 is 0 Å². The Balaban J connectivity index is 1.35. The van der Waals surface area contributed by atoms with Crippen molar-refractivity contribution in [2.45, 2.75) is 88.8 Å². The summed E-state index contributed by atoms with van der Waals surface area (Å²) in [6.07, 6.45) is -1.60. The molecule has 0 aromatic heterocycles. The van der Waals surface area contributed by atoms with Crippen LogP contribution in [0.15, 0.2) is 48.5 Å². The van der Waals surface area contributed by atoms with Gasteiger partial charge in [-0.05, 0) is 105 Å². The Morgan fingerprint density at radius 3 is 1.84 bits per heavy atom. The number of halogens is 7. The molecule has 0 spiro atoms. The SMILES string of the molecule is CCC1CCC(c2cc(F)c(C(F)(F)OC3CCC(c4ccc(OC(F)=C(F)F)cc4)CC3)c(F)c2)CC1. The number of rotatable bonds is 8. The predicted molar refractivity (Wildman–Crippen MR) is 129 cm³/mol. The van der Waals surface area contributed by atoms with Gasteiger partial charge in [0.2, 0.25) is 0 Å². The molecule has 38 heavy (non-hydrogen) atoms. The van der Waals surface area contributed by atoms with Crippen molar-refractivity contribution in [1.82, 2.24) is 0 Å². The highest BCUT2D eigenvalue weighted by Crippen LogP contribution is 2.43. The van der Waals surface area contributed by atoms with Crippen LogP contribution in [0.1, 0.15) is 93.2 Å². The van der Waals surface area contributed by atoms with Crippen molar-refractivity contribution in [3.8, 4) is 5.75 Å². The Bertz CT molecular complexity index is 1090. The molecule has 2 aliphatic rings. The largest absolute Gasteiger partial charge is 0.428 e. The van der Waals surface area contributed by atoms with Crippen LogP contribution in [0.25, 0.3) is 0 Å². The van der Waals surface area contributed by atoms with Crippen LogP contribution in [-0.4, -0.2) is 6.10 Å². The summed E-state index contributed by atoms with van der Waals surface area (Å²) in [7, 11) is 0. The van der Waals surface area contributed by atoms with E-state index in [-0.39, 0.29) is 30.4 Å². The minimum atomic E-state index is -4.12. The van der Waals surface area contributed by atoms with Crippen LogP contribution in [0.3, 0.4) is 0 Å². The standard InChI is InChI=1S/C29H31F7O2/c1-2-17-3-5-20(6-4-17)21-15-24(30)26(25(31)16-21)29(35,36)38-23-13-9-19(10-14-23)18-7-11-22(12-8-18)37-28(34)27(32)33/h7-8,11-12,15-17,19-20,23H,2-6,9-10,13-14H2,1H3. The molecule has 2 nitrogen and oxygen atoms in total. The number of hydrogen-bond acceptors (Lipinski definition) is 2. The highest BCUT2D eigenvalue weighted by Gasteiger charge is 2.43. The number of hydrogen-bond donors (Lipinski definition) is 0. The van der Waals surface area contributed by atoms with Gasteiger partial charge >= 0.3 is 18.2 Å². The monoisotopic (exact) mass is 544 g/mol. The van der Waals surface area contributed by atoms with E-state index < -0.39 is 41.5 Å². The molecule has 0 heterocycles. The fourth-order valence-corrected chi connectivity index (χ4v) is 5.74. The van der Waals surface area contributed by atoms with Gasteiger partial charge in [-0.1, -0.05) is 25.5 Å². The van der Waals surface area contributed by atoms with Crippen molar-refractivity contribution in [3.05, 3.63) is 76.8 Å². The molecule has 4 rings (SSSR count). The Kier molecular flexibility index (Phi) is 9.06. The summed E-state index contributed by atoms with van der Waals surface area (Å²) < 4.78 is 106. The average molecular weight is 545 g/mol. The summed E-state index contributed by atoms with van der Waals surface area (Å²) in [4.78, 5) is 0. The topological polar surface area (TPSA) is 18.5 Å². The third-order valence-corrected chi connectivity index (χ3v) is 7.95. The lowest BCUT2D eigenvalue weighted by molar-refractivity contribution is -0.280. The van der Waals surface area contributed by atoms with E-state index in [0.717, 1.165) is 49.8 Å². The van der Waals surface area contributed by atoms with Gasteiger partial charge in [0.1, 0.15) is 22.9 Å².